The van der Waals surface area contributed by atoms with E-state index in [1.807, 2.05) is 19.9 Å². The van der Waals surface area contributed by atoms with Crippen LogP contribution in [0.5, 0.6) is 0 Å². The maximum absolute atomic E-state index is 12.6. The molecule has 2 aromatic heterocycles. The Balaban J connectivity index is 1.93. The number of nitrogens with zero attached hydrogens (tertiary/aromatic N) is 3. The molecule has 5 nitrogen and oxygen atoms in total. The molecule has 0 saturated carbocycles. The molecule has 2 heterocycles. The van der Waals surface area contributed by atoms with Gasteiger partial charge in [-0.2, -0.15) is 22.7 Å². The van der Waals surface area contributed by atoms with Gasteiger partial charge < -0.3 is 11.1 Å². The average Bonchev–Trinajstić information content (AvgIpc) is 2.91. The SMILES string of the molecule is CC(C)c1ccc(N)n2nc(Nc3ccc(C(F)(F)F)cc3)nc12. The number of rotatable bonds is 3. The molecule has 0 amide bonds. The fourth-order valence-corrected chi connectivity index (χ4v) is 2.37. The predicted molar refractivity (Wildman–Crippen MR) is 86.2 cm³/mol. The van der Waals surface area contributed by atoms with E-state index < -0.39 is 11.7 Å². The Kier molecular flexibility index (Phi) is 3.82. The second-order valence-corrected chi connectivity index (χ2v) is 5.74. The first-order valence-electron chi connectivity index (χ1n) is 7.35. The van der Waals surface area contributed by atoms with E-state index in [1.54, 1.807) is 6.07 Å². The van der Waals surface area contributed by atoms with Crippen LogP contribution in [0.15, 0.2) is 36.4 Å². The van der Waals surface area contributed by atoms with Crippen molar-refractivity contribution in [1.82, 2.24) is 14.6 Å². The first-order valence-corrected chi connectivity index (χ1v) is 7.35. The number of anilines is 3. The molecular formula is C16H16F3N5. The Morgan fingerprint density at radius 1 is 1.08 bits per heavy atom. The molecule has 0 spiro atoms. The zero-order valence-electron chi connectivity index (χ0n) is 13.1. The number of benzene rings is 1. The van der Waals surface area contributed by atoms with Gasteiger partial charge in [-0.15, -0.1) is 5.10 Å². The summed E-state index contributed by atoms with van der Waals surface area (Å²) < 4.78 is 39.3. The summed E-state index contributed by atoms with van der Waals surface area (Å²) in [5.41, 5.74) is 7.27. The Labute approximate surface area is 136 Å². The highest BCUT2D eigenvalue weighted by Crippen LogP contribution is 2.30. The third-order valence-electron chi connectivity index (χ3n) is 3.63. The zero-order chi connectivity index (χ0) is 17.5. The highest BCUT2D eigenvalue weighted by Gasteiger charge is 2.29. The molecule has 126 valence electrons. The van der Waals surface area contributed by atoms with E-state index in [-0.39, 0.29) is 11.9 Å². The van der Waals surface area contributed by atoms with Crippen molar-refractivity contribution < 1.29 is 13.2 Å². The van der Waals surface area contributed by atoms with Gasteiger partial charge in [0, 0.05) is 5.69 Å². The summed E-state index contributed by atoms with van der Waals surface area (Å²) in [6.45, 7) is 4.06. The van der Waals surface area contributed by atoms with Crippen molar-refractivity contribution >= 4 is 23.1 Å². The lowest BCUT2D eigenvalue weighted by Crippen LogP contribution is -2.04. The Bertz CT molecular complexity index is 866. The highest BCUT2D eigenvalue weighted by atomic mass is 19.4. The lowest BCUT2D eigenvalue weighted by atomic mass is 10.1. The quantitative estimate of drug-likeness (QED) is 0.753. The minimum atomic E-state index is -4.36. The van der Waals surface area contributed by atoms with Gasteiger partial charge in [0.2, 0.25) is 5.95 Å². The van der Waals surface area contributed by atoms with Gasteiger partial charge in [0.15, 0.2) is 5.65 Å². The summed E-state index contributed by atoms with van der Waals surface area (Å²) in [7, 11) is 0. The van der Waals surface area contributed by atoms with E-state index in [1.165, 1.54) is 16.6 Å². The highest BCUT2D eigenvalue weighted by molar-refractivity contribution is 5.61. The molecule has 1 aromatic carbocycles. The first-order chi connectivity index (χ1) is 11.3. The van der Waals surface area contributed by atoms with Gasteiger partial charge in [0.1, 0.15) is 5.82 Å². The minimum absolute atomic E-state index is 0.233. The largest absolute Gasteiger partial charge is 0.416 e. The summed E-state index contributed by atoms with van der Waals surface area (Å²) in [6, 6.07) is 8.32. The number of hydrogen-bond donors (Lipinski definition) is 2. The maximum Gasteiger partial charge on any atom is 0.416 e. The van der Waals surface area contributed by atoms with Crippen LogP contribution in [0.1, 0.15) is 30.9 Å². The number of alkyl halides is 3. The molecule has 0 aliphatic heterocycles. The van der Waals surface area contributed by atoms with Crippen molar-refractivity contribution in [3.8, 4) is 0 Å². The van der Waals surface area contributed by atoms with Crippen LogP contribution in [0.4, 0.5) is 30.6 Å². The maximum atomic E-state index is 12.6. The van der Waals surface area contributed by atoms with E-state index in [2.05, 4.69) is 15.4 Å². The predicted octanol–water partition coefficient (Wildman–Crippen LogP) is 4.20. The van der Waals surface area contributed by atoms with Crippen molar-refractivity contribution in [1.29, 1.82) is 0 Å². The van der Waals surface area contributed by atoms with Crippen molar-refractivity contribution in [3.63, 3.8) is 0 Å². The fourth-order valence-electron chi connectivity index (χ4n) is 2.37. The fraction of sp³-hybridized carbons (Fsp3) is 0.250. The summed E-state index contributed by atoms with van der Waals surface area (Å²) >= 11 is 0. The lowest BCUT2D eigenvalue weighted by Gasteiger charge is -2.07. The molecule has 0 atom stereocenters. The van der Waals surface area contributed by atoms with Crippen molar-refractivity contribution in [2.75, 3.05) is 11.1 Å². The van der Waals surface area contributed by atoms with Gasteiger partial charge in [0.05, 0.1) is 5.56 Å². The second kappa shape index (κ2) is 5.70. The second-order valence-electron chi connectivity index (χ2n) is 5.74. The van der Waals surface area contributed by atoms with Gasteiger partial charge >= 0.3 is 6.18 Å². The molecule has 0 aliphatic rings. The van der Waals surface area contributed by atoms with E-state index in [9.17, 15) is 13.2 Å². The van der Waals surface area contributed by atoms with Crippen LogP contribution in [0.2, 0.25) is 0 Å². The third-order valence-corrected chi connectivity index (χ3v) is 3.63. The smallest absolute Gasteiger partial charge is 0.384 e. The number of aromatic nitrogens is 3. The van der Waals surface area contributed by atoms with E-state index in [0.717, 1.165) is 17.7 Å². The molecule has 0 bridgehead atoms. The lowest BCUT2D eigenvalue weighted by molar-refractivity contribution is -0.137. The van der Waals surface area contributed by atoms with Gasteiger partial charge in [-0.3, -0.25) is 0 Å². The van der Waals surface area contributed by atoms with Crippen molar-refractivity contribution in [3.05, 3.63) is 47.5 Å². The van der Waals surface area contributed by atoms with Crippen LogP contribution < -0.4 is 11.1 Å². The number of hydrogen-bond acceptors (Lipinski definition) is 4. The number of nitrogen functional groups attached to an aromatic ring is 1. The van der Waals surface area contributed by atoms with Gasteiger partial charge in [-0.05, 0) is 41.8 Å². The molecule has 3 N–H and O–H groups in total. The number of halogens is 3. The molecule has 24 heavy (non-hydrogen) atoms. The molecule has 0 radical (unpaired) electrons. The van der Waals surface area contributed by atoms with E-state index in [4.69, 9.17) is 5.73 Å². The van der Waals surface area contributed by atoms with Crippen molar-refractivity contribution in [2.24, 2.45) is 0 Å². The molecule has 0 aliphatic carbocycles. The average molecular weight is 335 g/mol. The molecular weight excluding hydrogens is 319 g/mol. The third kappa shape index (κ3) is 2.99. The van der Waals surface area contributed by atoms with Crippen LogP contribution in [0.3, 0.4) is 0 Å². The Morgan fingerprint density at radius 3 is 2.33 bits per heavy atom. The zero-order valence-corrected chi connectivity index (χ0v) is 13.1. The summed E-state index contributed by atoms with van der Waals surface area (Å²) in [4.78, 5) is 4.40. The van der Waals surface area contributed by atoms with E-state index in [0.29, 0.717) is 17.2 Å². The van der Waals surface area contributed by atoms with Crippen LogP contribution in [0.25, 0.3) is 5.65 Å². The van der Waals surface area contributed by atoms with Crippen LogP contribution in [-0.4, -0.2) is 14.6 Å². The Hall–Kier alpha value is -2.77. The van der Waals surface area contributed by atoms with Gasteiger partial charge in [0.25, 0.3) is 0 Å². The summed E-state index contributed by atoms with van der Waals surface area (Å²) in [5.74, 6) is 0.938. The number of pyridine rings is 1. The summed E-state index contributed by atoms with van der Waals surface area (Å²) in [6.07, 6.45) is -4.36. The number of nitrogens with one attached hydrogen (secondary N) is 1. The normalized spacial score (nSPS) is 12.1. The topological polar surface area (TPSA) is 68.2 Å². The first kappa shape index (κ1) is 16.1. The molecule has 0 fully saturated rings. The standard InChI is InChI=1S/C16H16F3N5/c1-9(2)12-7-8-13(20)24-14(12)22-15(23-24)21-11-5-3-10(4-6-11)16(17,18)19/h3-9H,20H2,1-2H3,(H,21,23). The van der Waals surface area contributed by atoms with Gasteiger partial charge in [-0.25, -0.2) is 0 Å². The van der Waals surface area contributed by atoms with Crippen LogP contribution in [0, 0.1) is 0 Å². The minimum Gasteiger partial charge on any atom is -0.384 e. The number of fused-ring (bicyclic) bond motifs is 1. The number of nitrogens with two attached hydrogens (primary N) is 1. The Morgan fingerprint density at radius 2 is 1.75 bits per heavy atom. The summed E-state index contributed by atoms with van der Waals surface area (Å²) in [5, 5.41) is 7.17. The van der Waals surface area contributed by atoms with Crippen LogP contribution in [-0.2, 0) is 6.18 Å². The van der Waals surface area contributed by atoms with Crippen molar-refractivity contribution in [2.45, 2.75) is 25.9 Å². The molecule has 3 rings (SSSR count). The molecule has 8 heteroatoms. The van der Waals surface area contributed by atoms with Crippen LogP contribution >= 0.6 is 0 Å². The van der Waals surface area contributed by atoms with Gasteiger partial charge in [-0.1, -0.05) is 19.9 Å². The van der Waals surface area contributed by atoms with E-state index >= 15 is 0 Å². The molecule has 3 aromatic rings. The molecule has 0 unspecified atom stereocenters. The monoisotopic (exact) mass is 335 g/mol. The molecule has 0 saturated heterocycles.